The third-order valence-electron chi connectivity index (χ3n) is 4.52. The Hall–Kier alpha value is -2.24. The normalized spacial score (nSPS) is 21.9. The van der Waals surface area contributed by atoms with Gasteiger partial charge in [-0.1, -0.05) is 24.3 Å². The molecule has 1 saturated heterocycles. The number of hydrogen-bond donors (Lipinski definition) is 0. The number of nitrogens with zero attached hydrogens (tertiary/aromatic N) is 3. The van der Waals surface area contributed by atoms with Crippen LogP contribution in [-0.4, -0.2) is 46.9 Å². The predicted octanol–water partition coefficient (Wildman–Crippen LogP) is 2.07. The van der Waals surface area contributed by atoms with E-state index in [-0.39, 0.29) is 12.2 Å². The molecule has 0 unspecified atom stereocenters. The summed E-state index contributed by atoms with van der Waals surface area (Å²) < 4.78 is 5.58. The molecular weight excluding hydrogens is 290 g/mol. The van der Waals surface area contributed by atoms with E-state index in [2.05, 4.69) is 20.9 Å². The summed E-state index contributed by atoms with van der Waals surface area (Å²) in [4.78, 5) is 21.0. The minimum Gasteiger partial charge on any atom is -0.438 e. The third kappa shape index (κ3) is 2.85. The second kappa shape index (κ2) is 6.10. The van der Waals surface area contributed by atoms with Crippen LogP contribution < -0.4 is 0 Å². The molecule has 0 radical (unpaired) electrons. The van der Waals surface area contributed by atoms with E-state index in [0.29, 0.717) is 5.56 Å². The number of aromatic nitrogens is 1. The van der Waals surface area contributed by atoms with Crippen molar-refractivity contribution < 1.29 is 9.53 Å². The van der Waals surface area contributed by atoms with Gasteiger partial charge >= 0.3 is 5.97 Å². The topological polar surface area (TPSA) is 45.7 Å². The second-order valence-corrected chi connectivity index (χ2v) is 5.98. The maximum absolute atomic E-state index is 12.0. The first-order valence-electron chi connectivity index (χ1n) is 7.97. The zero-order valence-corrected chi connectivity index (χ0v) is 12.9. The van der Waals surface area contributed by atoms with Gasteiger partial charge in [-0.3, -0.25) is 14.8 Å². The summed E-state index contributed by atoms with van der Waals surface area (Å²) in [6.07, 6.45) is 1.61. The predicted molar refractivity (Wildman–Crippen MR) is 85.7 cm³/mol. The number of rotatable bonds is 3. The molecule has 4 rings (SSSR count). The number of cyclic esters (lactones) is 1. The lowest BCUT2D eigenvalue weighted by atomic mass is 10.1. The summed E-state index contributed by atoms with van der Waals surface area (Å²) in [5.41, 5.74) is 2.79. The molecule has 2 aliphatic rings. The van der Waals surface area contributed by atoms with Gasteiger partial charge < -0.3 is 4.74 Å². The van der Waals surface area contributed by atoms with Gasteiger partial charge in [0.15, 0.2) is 6.23 Å². The highest BCUT2D eigenvalue weighted by molar-refractivity contribution is 5.93. The number of piperazine rings is 1. The van der Waals surface area contributed by atoms with Crippen molar-refractivity contribution in [2.75, 3.05) is 26.2 Å². The smallest absolute Gasteiger partial charge is 0.340 e. The molecular formula is C18H19N3O2. The first kappa shape index (κ1) is 14.4. The quantitative estimate of drug-likeness (QED) is 0.812. The number of carbonyl (C=O) groups excluding carboxylic acids is 1. The summed E-state index contributed by atoms with van der Waals surface area (Å²) >= 11 is 0. The van der Waals surface area contributed by atoms with Crippen LogP contribution in [0.5, 0.6) is 0 Å². The number of ether oxygens (including phenoxy) is 1. The molecule has 1 atom stereocenters. The van der Waals surface area contributed by atoms with Gasteiger partial charge in [-0.25, -0.2) is 4.79 Å². The van der Waals surface area contributed by atoms with Crippen LogP contribution in [0.2, 0.25) is 0 Å². The molecule has 1 aromatic heterocycles. The number of carbonyl (C=O) groups is 1. The highest BCUT2D eigenvalue weighted by atomic mass is 16.6. The number of fused-ring (bicyclic) bond motifs is 1. The Bertz CT molecular complexity index is 696. The van der Waals surface area contributed by atoms with Gasteiger partial charge in [-0.2, -0.15) is 0 Å². The SMILES string of the molecule is O=C1O[C@H](N2CCN(Cc3ccccn3)CC2)c2ccccc21. The molecule has 0 aliphatic carbocycles. The lowest BCUT2D eigenvalue weighted by Crippen LogP contribution is -2.47. The van der Waals surface area contributed by atoms with Crippen molar-refractivity contribution in [3.8, 4) is 0 Å². The molecule has 1 fully saturated rings. The second-order valence-electron chi connectivity index (χ2n) is 5.98. The summed E-state index contributed by atoms with van der Waals surface area (Å²) in [5, 5.41) is 0. The maximum atomic E-state index is 12.0. The monoisotopic (exact) mass is 309 g/mol. The highest BCUT2D eigenvalue weighted by Crippen LogP contribution is 2.33. The van der Waals surface area contributed by atoms with Crippen molar-refractivity contribution in [3.05, 3.63) is 65.5 Å². The van der Waals surface area contributed by atoms with Crippen LogP contribution in [0.1, 0.15) is 27.8 Å². The van der Waals surface area contributed by atoms with E-state index in [1.807, 2.05) is 42.6 Å². The fraction of sp³-hybridized carbons (Fsp3) is 0.333. The van der Waals surface area contributed by atoms with E-state index in [0.717, 1.165) is 44.0 Å². The van der Waals surface area contributed by atoms with Crippen LogP contribution in [-0.2, 0) is 11.3 Å². The van der Waals surface area contributed by atoms with E-state index < -0.39 is 0 Å². The van der Waals surface area contributed by atoms with E-state index in [4.69, 9.17) is 4.74 Å². The zero-order valence-electron chi connectivity index (χ0n) is 12.9. The molecule has 23 heavy (non-hydrogen) atoms. The van der Waals surface area contributed by atoms with Gasteiger partial charge in [0.1, 0.15) is 0 Å². The largest absolute Gasteiger partial charge is 0.438 e. The summed E-state index contributed by atoms with van der Waals surface area (Å²) in [6, 6.07) is 13.7. The highest BCUT2D eigenvalue weighted by Gasteiger charge is 2.36. The van der Waals surface area contributed by atoms with Crippen LogP contribution in [0, 0.1) is 0 Å². The fourth-order valence-corrected chi connectivity index (χ4v) is 3.27. The Morgan fingerprint density at radius 1 is 1.04 bits per heavy atom. The number of hydrogen-bond acceptors (Lipinski definition) is 5. The minimum atomic E-state index is -0.226. The first-order valence-corrected chi connectivity index (χ1v) is 7.97. The number of esters is 1. The van der Waals surface area contributed by atoms with Crippen LogP contribution in [0.3, 0.4) is 0 Å². The molecule has 118 valence electrons. The average molecular weight is 309 g/mol. The molecule has 5 nitrogen and oxygen atoms in total. The average Bonchev–Trinajstić information content (AvgIpc) is 2.94. The minimum absolute atomic E-state index is 0.207. The third-order valence-corrected chi connectivity index (χ3v) is 4.52. The van der Waals surface area contributed by atoms with Crippen molar-refractivity contribution in [3.63, 3.8) is 0 Å². The molecule has 2 aromatic rings. The van der Waals surface area contributed by atoms with Crippen LogP contribution in [0.25, 0.3) is 0 Å². The van der Waals surface area contributed by atoms with Crippen molar-refractivity contribution in [1.82, 2.24) is 14.8 Å². The van der Waals surface area contributed by atoms with E-state index in [1.165, 1.54) is 0 Å². The Morgan fingerprint density at radius 2 is 1.83 bits per heavy atom. The van der Waals surface area contributed by atoms with Gasteiger partial charge in [0, 0.05) is 44.5 Å². The summed E-state index contributed by atoms with van der Waals surface area (Å²) in [5.74, 6) is -0.207. The van der Waals surface area contributed by atoms with Gasteiger partial charge in [0.25, 0.3) is 0 Å². The molecule has 3 heterocycles. The lowest BCUT2D eigenvalue weighted by molar-refractivity contribution is -0.0420. The Kier molecular flexibility index (Phi) is 3.81. The van der Waals surface area contributed by atoms with Crippen LogP contribution in [0.15, 0.2) is 48.7 Å². The molecule has 1 aromatic carbocycles. The molecule has 0 spiro atoms. The zero-order chi connectivity index (χ0) is 15.6. The van der Waals surface area contributed by atoms with Crippen LogP contribution >= 0.6 is 0 Å². The fourth-order valence-electron chi connectivity index (χ4n) is 3.27. The first-order chi connectivity index (χ1) is 11.3. The van der Waals surface area contributed by atoms with Gasteiger partial charge in [-0.05, 0) is 18.2 Å². The Morgan fingerprint density at radius 3 is 2.61 bits per heavy atom. The van der Waals surface area contributed by atoms with Crippen molar-refractivity contribution in [1.29, 1.82) is 0 Å². The van der Waals surface area contributed by atoms with Crippen molar-refractivity contribution in [2.45, 2.75) is 12.8 Å². The molecule has 2 aliphatic heterocycles. The van der Waals surface area contributed by atoms with Crippen molar-refractivity contribution in [2.24, 2.45) is 0 Å². The van der Waals surface area contributed by atoms with Gasteiger partial charge in [0.05, 0.1) is 11.3 Å². The van der Waals surface area contributed by atoms with Crippen molar-refractivity contribution >= 4 is 5.97 Å². The standard InChI is InChI=1S/C18H19N3O2/c22-18-16-7-2-1-6-15(16)17(23-18)21-11-9-20(10-12-21)13-14-5-3-4-8-19-14/h1-8,17H,9-13H2/t17-/m0/s1. The van der Waals surface area contributed by atoms with Gasteiger partial charge in [-0.15, -0.1) is 0 Å². The molecule has 0 N–H and O–H groups in total. The molecule has 0 saturated carbocycles. The number of benzene rings is 1. The van der Waals surface area contributed by atoms with Crippen LogP contribution in [0.4, 0.5) is 0 Å². The Labute approximate surface area is 135 Å². The summed E-state index contributed by atoms with van der Waals surface area (Å²) in [6.45, 7) is 4.55. The lowest BCUT2D eigenvalue weighted by Gasteiger charge is -2.37. The molecule has 0 bridgehead atoms. The Balaban J connectivity index is 1.40. The van der Waals surface area contributed by atoms with E-state index in [9.17, 15) is 4.79 Å². The maximum Gasteiger partial charge on any atom is 0.340 e. The molecule has 0 amide bonds. The van der Waals surface area contributed by atoms with E-state index in [1.54, 1.807) is 0 Å². The molecule has 5 heteroatoms. The van der Waals surface area contributed by atoms with Gasteiger partial charge in [0.2, 0.25) is 0 Å². The summed E-state index contributed by atoms with van der Waals surface area (Å²) in [7, 11) is 0. The van der Waals surface area contributed by atoms with E-state index >= 15 is 0 Å². The number of pyridine rings is 1.